The van der Waals surface area contributed by atoms with Crippen LogP contribution < -0.4 is 5.32 Å². The summed E-state index contributed by atoms with van der Waals surface area (Å²) < 4.78 is 12.9. The number of oxime groups is 1. The van der Waals surface area contributed by atoms with E-state index in [-0.39, 0.29) is 11.2 Å². The average molecular weight is 398 g/mol. The van der Waals surface area contributed by atoms with Crippen molar-refractivity contribution in [1.29, 1.82) is 0 Å². The van der Waals surface area contributed by atoms with Crippen LogP contribution in [0.25, 0.3) is 0 Å². The third-order valence-electron chi connectivity index (χ3n) is 5.12. The molecule has 1 aliphatic carbocycles. The van der Waals surface area contributed by atoms with E-state index in [1.54, 1.807) is 24.5 Å². The summed E-state index contributed by atoms with van der Waals surface area (Å²) in [7, 11) is 1.87. The maximum absolute atomic E-state index is 12.9. The zero-order chi connectivity index (χ0) is 19.8. The Labute approximate surface area is 170 Å². The molecule has 4 nitrogen and oxygen atoms in total. The van der Waals surface area contributed by atoms with Crippen molar-refractivity contribution in [2.75, 3.05) is 7.05 Å². The van der Waals surface area contributed by atoms with E-state index in [1.165, 1.54) is 17.7 Å². The SMILES string of the molecule is CNC(=S)C1(c2cccnc2)CCCC/C1=C\C=N\OCc1ccc(F)cc1. The van der Waals surface area contributed by atoms with Crippen LogP contribution in [0.2, 0.25) is 0 Å². The quantitative estimate of drug-likeness (QED) is 0.436. The Morgan fingerprint density at radius 2 is 2.14 bits per heavy atom. The molecule has 146 valence electrons. The first-order valence-corrected chi connectivity index (χ1v) is 9.80. The third kappa shape index (κ3) is 4.44. The topological polar surface area (TPSA) is 46.5 Å². The lowest BCUT2D eigenvalue weighted by Gasteiger charge is -2.40. The molecule has 6 heteroatoms. The second-order valence-corrected chi connectivity index (χ2v) is 7.19. The fourth-order valence-corrected chi connectivity index (χ4v) is 4.06. The minimum absolute atomic E-state index is 0.262. The lowest BCUT2D eigenvalue weighted by molar-refractivity contribution is 0.132. The second-order valence-electron chi connectivity index (χ2n) is 6.78. The van der Waals surface area contributed by atoms with E-state index in [0.717, 1.165) is 41.8 Å². The Morgan fingerprint density at radius 1 is 1.32 bits per heavy atom. The van der Waals surface area contributed by atoms with Gasteiger partial charge in [0.05, 0.1) is 16.6 Å². The Balaban J connectivity index is 1.78. The first-order valence-electron chi connectivity index (χ1n) is 9.39. The van der Waals surface area contributed by atoms with E-state index >= 15 is 0 Å². The van der Waals surface area contributed by atoms with E-state index < -0.39 is 0 Å². The van der Waals surface area contributed by atoms with Crippen LogP contribution in [0.15, 0.2) is 65.6 Å². The summed E-state index contributed by atoms with van der Waals surface area (Å²) in [6, 6.07) is 10.2. The highest BCUT2D eigenvalue weighted by Gasteiger charge is 2.41. The lowest BCUT2D eigenvalue weighted by Crippen LogP contribution is -2.45. The van der Waals surface area contributed by atoms with Gasteiger partial charge in [-0.3, -0.25) is 4.98 Å². The molecule has 1 unspecified atom stereocenters. The Bertz CT molecular complexity index is 852. The predicted octanol–water partition coefficient (Wildman–Crippen LogP) is 4.71. The van der Waals surface area contributed by atoms with E-state index in [0.29, 0.717) is 6.61 Å². The van der Waals surface area contributed by atoms with Gasteiger partial charge in [0.25, 0.3) is 0 Å². The maximum Gasteiger partial charge on any atom is 0.142 e. The number of aromatic nitrogens is 1. The number of rotatable bonds is 6. The molecule has 2 aromatic rings. The molecule has 1 aliphatic rings. The van der Waals surface area contributed by atoms with Crippen LogP contribution in [-0.2, 0) is 16.9 Å². The van der Waals surface area contributed by atoms with Crippen molar-refractivity contribution in [3.8, 4) is 0 Å². The highest BCUT2D eigenvalue weighted by molar-refractivity contribution is 7.80. The van der Waals surface area contributed by atoms with Crippen LogP contribution >= 0.6 is 12.2 Å². The fraction of sp³-hybridized carbons (Fsp3) is 0.318. The summed E-state index contributed by atoms with van der Waals surface area (Å²) >= 11 is 5.74. The molecule has 0 radical (unpaired) electrons. The van der Waals surface area contributed by atoms with Gasteiger partial charge < -0.3 is 10.2 Å². The van der Waals surface area contributed by atoms with Gasteiger partial charge in [0.1, 0.15) is 12.4 Å². The Morgan fingerprint density at radius 3 is 2.86 bits per heavy atom. The molecule has 1 fully saturated rings. The van der Waals surface area contributed by atoms with Crippen molar-refractivity contribution in [2.45, 2.75) is 37.7 Å². The van der Waals surface area contributed by atoms with Crippen LogP contribution in [-0.4, -0.2) is 23.2 Å². The van der Waals surface area contributed by atoms with Crippen molar-refractivity contribution in [3.05, 3.63) is 77.4 Å². The highest BCUT2D eigenvalue weighted by atomic mass is 32.1. The minimum atomic E-state index is -0.362. The molecule has 28 heavy (non-hydrogen) atoms. The number of benzene rings is 1. The minimum Gasteiger partial charge on any atom is -0.391 e. The summed E-state index contributed by atoms with van der Waals surface area (Å²) in [6.45, 7) is 0.294. The predicted molar refractivity (Wildman–Crippen MR) is 114 cm³/mol. The number of nitrogens with zero attached hydrogens (tertiary/aromatic N) is 2. The molecule has 1 aromatic carbocycles. The van der Waals surface area contributed by atoms with Crippen LogP contribution in [0.1, 0.15) is 36.8 Å². The first-order chi connectivity index (χ1) is 13.7. The van der Waals surface area contributed by atoms with Crippen molar-refractivity contribution < 1.29 is 9.23 Å². The third-order valence-corrected chi connectivity index (χ3v) is 5.67. The first kappa shape index (κ1) is 20.1. The molecule has 0 aliphatic heterocycles. The van der Waals surface area contributed by atoms with Gasteiger partial charge in [-0.25, -0.2) is 4.39 Å². The maximum atomic E-state index is 12.9. The molecule has 0 spiro atoms. The highest BCUT2D eigenvalue weighted by Crippen LogP contribution is 2.44. The van der Waals surface area contributed by atoms with E-state index in [2.05, 4.69) is 21.5 Å². The molecule has 3 rings (SSSR count). The number of pyridine rings is 1. The van der Waals surface area contributed by atoms with Crippen molar-refractivity contribution >= 4 is 23.4 Å². The zero-order valence-corrected chi connectivity index (χ0v) is 16.7. The van der Waals surface area contributed by atoms with Crippen LogP contribution in [0.5, 0.6) is 0 Å². The Kier molecular flexibility index (Phi) is 6.87. The molecule has 0 amide bonds. The van der Waals surface area contributed by atoms with E-state index in [9.17, 15) is 4.39 Å². The van der Waals surface area contributed by atoms with Crippen LogP contribution in [0, 0.1) is 5.82 Å². The lowest BCUT2D eigenvalue weighted by atomic mass is 9.66. The van der Waals surface area contributed by atoms with Crippen LogP contribution in [0.4, 0.5) is 4.39 Å². The van der Waals surface area contributed by atoms with Gasteiger partial charge >= 0.3 is 0 Å². The second kappa shape index (κ2) is 9.55. The summed E-state index contributed by atoms with van der Waals surface area (Å²) in [5, 5.41) is 7.24. The number of thiocarbonyl (C=S) groups is 1. The molecule has 1 atom stereocenters. The molecule has 0 bridgehead atoms. The average Bonchev–Trinajstić information content (AvgIpc) is 2.75. The number of allylic oxidation sites excluding steroid dienone is 1. The normalized spacial score (nSPS) is 21.0. The van der Waals surface area contributed by atoms with Gasteiger partial charge in [-0.1, -0.05) is 47.6 Å². The summed E-state index contributed by atoms with van der Waals surface area (Å²) in [4.78, 5) is 10.5. The van der Waals surface area contributed by atoms with Gasteiger partial charge in [0, 0.05) is 19.4 Å². The zero-order valence-electron chi connectivity index (χ0n) is 15.9. The van der Waals surface area contributed by atoms with Crippen molar-refractivity contribution in [2.24, 2.45) is 5.16 Å². The molecule has 1 saturated carbocycles. The smallest absolute Gasteiger partial charge is 0.142 e. The summed E-state index contributed by atoms with van der Waals surface area (Å²) in [6.07, 6.45) is 11.4. The largest absolute Gasteiger partial charge is 0.391 e. The monoisotopic (exact) mass is 397 g/mol. The molecule has 1 N–H and O–H groups in total. The Hall–Kier alpha value is -2.60. The molecule has 1 heterocycles. The van der Waals surface area contributed by atoms with Gasteiger partial charge in [-0.15, -0.1) is 0 Å². The van der Waals surface area contributed by atoms with Crippen LogP contribution in [0.3, 0.4) is 0 Å². The molecular weight excluding hydrogens is 373 g/mol. The van der Waals surface area contributed by atoms with Crippen molar-refractivity contribution in [1.82, 2.24) is 10.3 Å². The molecule has 0 saturated heterocycles. The number of likely N-dealkylation sites (N-methyl/N-ethyl adjacent to an activating group) is 1. The van der Waals surface area contributed by atoms with Crippen molar-refractivity contribution in [3.63, 3.8) is 0 Å². The molecular formula is C22H24FN3OS. The number of hydrogen-bond acceptors (Lipinski definition) is 4. The number of halogens is 1. The van der Waals surface area contributed by atoms with E-state index in [1.807, 2.05) is 25.4 Å². The van der Waals surface area contributed by atoms with E-state index in [4.69, 9.17) is 17.1 Å². The number of nitrogens with one attached hydrogen (secondary N) is 1. The van der Waals surface area contributed by atoms with Gasteiger partial charge in [-0.2, -0.15) is 0 Å². The van der Waals surface area contributed by atoms with Gasteiger partial charge in [0.2, 0.25) is 0 Å². The van der Waals surface area contributed by atoms with Gasteiger partial charge in [-0.05, 0) is 54.7 Å². The summed E-state index contributed by atoms with van der Waals surface area (Å²) in [5.41, 5.74) is 2.81. The molecule has 1 aromatic heterocycles. The summed E-state index contributed by atoms with van der Waals surface area (Å²) in [5.74, 6) is -0.262. The standard InChI is InChI=1S/C22H24FN3OS/c1-24-21(28)22(19-6-4-13-25-15-19)12-3-2-5-18(22)11-14-26-27-16-17-7-9-20(23)10-8-17/h4,6-11,13-15H,2-3,5,12,16H2,1H3,(H,24,28)/b18-11+,26-14+. The fourth-order valence-electron chi connectivity index (χ4n) is 3.71. The van der Waals surface area contributed by atoms with Gasteiger partial charge in [0.15, 0.2) is 0 Å². The number of hydrogen-bond donors (Lipinski definition) is 1.